The average Bonchev–Trinajstić information content (AvgIpc) is 2.67. The standard InChI is InChI=1S/C9H15N3O3/c1-7(13)2-3-8(14)10-5-4-9-11-6-12-15-9/h6-7,13H,2-5H2,1H3,(H,10,14). The van der Waals surface area contributed by atoms with Crippen molar-refractivity contribution in [2.75, 3.05) is 6.54 Å². The van der Waals surface area contributed by atoms with Crippen molar-refractivity contribution in [2.24, 2.45) is 0 Å². The molecule has 1 amide bonds. The van der Waals surface area contributed by atoms with Crippen LogP contribution in [0.25, 0.3) is 0 Å². The number of carbonyl (C=O) groups is 1. The molecule has 0 fully saturated rings. The lowest BCUT2D eigenvalue weighted by molar-refractivity contribution is -0.121. The summed E-state index contributed by atoms with van der Waals surface area (Å²) in [4.78, 5) is 15.0. The van der Waals surface area contributed by atoms with Gasteiger partial charge in [0.15, 0.2) is 6.33 Å². The lowest BCUT2D eigenvalue weighted by atomic mass is 10.2. The van der Waals surface area contributed by atoms with E-state index in [4.69, 9.17) is 9.63 Å². The predicted octanol–water partition coefficient (Wildman–Crippen LogP) is -0.111. The molecule has 2 N–H and O–H groups in total. The Morgan fingerprint density at radius 1 is 1.73 bits per heavy atom. The molecule has 0 aliphatic carbocycles. The number of hydrogen-bond acceptors (Lipinski definition) is 5. The molecule has 15 heavy (non-hydrogen) atoms. The van der Waals surface area contributed by atoms with Crippen LogP contribution in [0.2, 0.25) is 0 Å². The van der Waals surface area contributed by atoms with Crippen LogP contribution in [0.4, 0.5) is 0 Å². The fourth-order valence-electron chi connectivity index (χ4n) is 1.04. The second-order valence-electron chi connectivity index (χ2n) is 3.32. The van der Waals surface area contributed by atoms with Gasteiger partial charge in [0.25, 0.3) is 0 Å². The summed E-state index contributed by atoms with van der Waals surface area (Å²) in [6, 6.07) is 0. The number of aliphatic hydroxyl groups is 1. The van der Waals surface area contributed by atoms with Gasteiger partial charge in [-0.25, -0.2) is 0 Å². The Morgan fingerprint density at radius 3 is 3.13 bits per heavy atom. The number of hydrogen-bond donors (Lipinski definition) is 2. The van der Waals surface area contributed by atoms with Gasteiger partial charge in [-0.3, -0.25) is 4.79 Å². The first-order chi connectivity index (χ1) is 7.18. The highest BCUT2D eigenvalue weighted by Crippen LogP contribution is 1.95. The van der Waals surface area contributed by atoms with E-state index in [0.717, 1.165) is 0 Å². The van der Waals surface area contributed by atoms with Gasteiger partial charge >= 0.3 is 0 Å². The van der Waals surface area contributed by atoms with E-state index >= 15 is 0 Å². The zero-order valence-electron chi connectivity index (χ0n) is 8.64. The number of aromatic nitrogens is 2. The Hall–Kier alpha value is -1.43. The molecular weight excluding hydrogens is 198 g/mol. The first kappa shape index (κ1) is 11.6. The van der Waals surface area contributed by atoms with Crippen molar-refractivity contribution < 1.29 is 14.4 Å². The van der Waals surface area contributed by atoms with Gasteiger partial charge in [-0.2, -0.15) is 4.98 Å². The molecule has 1 aromatic rings. The summed E-state index contributed by atoms with van der Waals surface area (Å²) >= 11 is 0. The Bertz CT molecular complexity index is 285. The molecule has 0 spiro atoms. The third-order valence-corrected chi connectivity index (χ3v) is 1.86. The number of nitrogens with zero attached hydrogens (tertiary/aromatic N) is 2. The minimum Gasteiger partial charge on any atom is -0.393 e. The van der Waals surface area contributed by atoms with E-state index in [1.54, 1.807) is 6.92 Å². The van der Waals surface area contributed by atoms with Crippen LogP contribution in [0.5, 0.6) is 0 Å². The highest BCUT2D eigenvalue weighted by molar-refractivity contribution is 5.75. The molecule has 6 nitrogen and oxygen atoms in total. The van der Waals surface area contributed by atoms with Crippen LogP contribution >= 0.6 is 0 Å². The zero-order valence-corrected chi connectivity index (χ0v) is 8.64. The Kier molecular flexibility index (Phi) is 4.76. The van der Waals surface area contributed by atoms with E-state index in [2.05, 4.69) is 15.5 Å². The van der Waals surface area contributed by atoms with Gasteiger partial charge in [-0.1, -0.05) is 5.16 Å². The Morgan fingerprint density at radius 2 is 2.53 bits per heavy atom. The number of amides is 1. The molecule has 0 saturated heterocycles. The molecule has 6 heteroatoms. The number of carbonyl (C=O) groups excluding carboxylic acids is 1. The fourth-order valence-corrected chi connectivity index (χ4v) is 1.04. The van der Waals surface area contributed by atoms with E-state index in [-0.39, 0.29) is 5.91 Å². The molecule has 1 rings (SSSR count). The van der Waals surface area contributed by atoms with Gasteiger partial charge < -0.3 is 14.9 Å². The lowest BCUT2D eigenvalue weighted by Crippen LogP contribution is -2.26. The van der Waals surface area contributed by atoms with Gasteiger partial charge in [0, 0.05) is 19.4 Å². The van der Waals surface area contributed by atoms with Gasteiger partial charge in [0.1, 0.15) is 0 Å². The molecule has 0 radical (unpaired) electrons. The van der Waals surface area contributed by atoms with Crippen LogP contribution < -0.4 is 5.32 Å². The molecule has 1 heterocycles. The number of rotatable bonds is 6. The molecule has 1 unspecified atom stereocenters. The van der Waals surface area contributed by atoms with Gasteiger partial charge in [0.05, 0.1) is 6.10 Å². The fraction of sp³-hybridized carbons (Fsp3) is 0.667. The van der Waals surface area contributed by atoms with Crippen LogP contribution in [-0.2, 0) is 11.2 Å². The van der Waals surface area contributed by atoms with Crippen molar-refractivity contribution in [1.82, 2.24) is 15.5 Å². The quantitative estimate of drug-likeness (QED) is 0.688. The van der Waals surface area contributed by atoms with E-state index in [9.17, 15) is 4.79 Å². The molecule has 1 atom stereocenters. The predicted molar refractivity (Wildman–Crippen MR) is 51.9 cm³/mol. The number of aliphatic hydroxyl groups excluding tert-OH is 1. The van der Waals surface area contributed by atoms with Crippen molar-refractivity contribution >= 4 is 5.91 Å². The largest absolute Gasteiger partial charge is 0.393 e. The summed E-state index contributed by atoms with van der Waals surface area (Å²) in [5.74, 6) is 0.432. The molecule has 84 valence electrons. The highest BCUT2D eigenvalue weighted by Gasteiger charge is 2.04. The summed E-state index contributed by atoms with van der Waals surface area (Å²) < 4.78 is 4.76. The second kappa shape index (κ2) is 6.13. The molecule has 0 aliphatic heterocycles. The summed E-state index contributed by atoms with van der Waals surface area (Å²) in [5, 5.41) is 15.1. The van der Waals surface area contributed by atoms with Crippen molar-refractivity contribution in [3.05, 3.63) is 12.2 Å². The maximum Gasteiger partial charge on any atom is 0.228 e. The molecule has 1 aromatic heterocycles. The van der Waals surface area contributed by atoms with E-state index in [0.29, 0.717) is 31.7 Å². The minimum atomic E-state index is -0.438. The second-order valence-corrected chi connectivity index (χ2v) is 3.32. The van der Waals surface area contributed by atoms with Crippen molar-refractivity contribution in [3.63, 3.8) is 0 Å². The summed E-state index contributed by atoms with van der Waals surface area (Å²) in [5.41, 5.74) is 0. The minimum absolute atomic E-state index is 0.0737. The van der Waals surface area contributed by atoms with Crippen molar-refractivity contribution in [2.45, 2.75) is 32.3 Å². The lowest BCUT2D eigenvalue weighted by Gasteiger charge is -2.04. The molecule has 0 bridgehead atoms. The van der Waals surface area contributed by atoms with Crippen LogP contribution in [0.3, 0.4) is 0 Å². The van der Waals surface area contributed by atoms with E-state index in [1.807, 2.05) is 0 Å². The summed E-state index contributed by atoms with van der Waals surface area (Å²) in [7, 11) is 0. The third-order valence-electron chi connectivity index (χ3n) is 1.86. The molecule has 0 aliphatic rings. The van der Waals surface area contributed by atoms with E-state index < -0.39 is 6.10 Å². The monoisotopic (exact) mass is 213 g/mol. The Labute approximate surface area is 87.7 Å². The SMILES string of the molecule is CC(O)CCC(=O)NCCc1ncno1. The number of nitrogens with one attached hydrogen (secondary N) is 1. The van der Waals surface area contributed by atoms with E-state index in [1.165, 1.54) is 6.33 Å². The van der Waals surface area contributed by atoms with Gasteiger partial charge in [-0.05, 0) is 13.3 Å². The van der Waals surface area contributed by atoms with Crippen LogP contribution in [0.15, 0.2) is 10.9 Å². The van der Waals surface area contributed by atoms with Crippen LogP contribution in [0.1, 0.15) is 25.7 Å². The first-order valence-corrected chi connectivity index (χ1v) is 4.89. The molecule has 0 saturated carbocycles. The average molecular weight is 213 g/mol. The van der Waals surface area contributed by atoms with Crippen molar-refractivity contribution in [3.8, 4) is 0 Å². The maximum absolute atomic E-state index is 11.2. The zero-order chi connectivity index (χ0) is 11.1. The maximum atomic E-state index is 11.2. The van der Waals surface area contributed by atoms with Crippen LogP contribution in [-0.4, -0.2) is 33.8 Å². The topological polar surface area (TPSA) is 88.2 Å². The normalized spacial score (nSPS) is 12.4. The van der Waals surface area contributed by atoms with Crippen molar-refractivity contribution in [1.29, 1.82) is 0 Å². The molecular formula is C9H15N3O3. The third kappa shape index (κ3) is 5.11. The van der Waals surface area contributed by atoms with Crippen LogP contribution in [0, 0.1) is 0 Å². The first-order valence-electron chi connectivity index (χ1n) is 4.89. The van der Waals surface area contributed by atoms with Gasteiger partial charge in [0.2, 0.25) is 11.8 Å². The molecule has 0 aromatic carbocycles. The smallest absolute Gasteiger partial charge is 0.228 e. The highest BCUT2D eigenvalue weighted by atomic mass is 16.5. The Balaban J connectivity index is 2.07. The summed E-state index contributed by atoms with van der Waals surface area (Å²) in [6.45, 7) is 2.13. The summed E-state index contributed by atoms with van der Waals surface area (Å²) in [6.07, 6.45) is 2.23. The van der Waals surface area contributed by atoms with Gasteiger partial charge in [-0.15, -0.1) is 0 Å².